The zero-order chi connectivity index (χ0) is 18.4. The molecule has 0 aromatic heterocycles. The lowest BCUT2D eigenvalue weighted by Crippen LogP contribution is -2.07. The van der Waals surface area contributed by atoms with Crippen LogP contribution in [0, 0.1) is 5.82 Å². The molecule has 1 amide bonds. The Morgan fingerprint density at radius 2 is 1.96 bits per heavy atom. The molecule has 0 fully saturated rings. The summed E-state index contributed by atoms with van der Waals surface area (Å²) >= 11 is 5.63. The number of halogens is 4. The van der Waals surface area contributed by atoms with Gasteiger partial charge in [-0.15, -0.1) is 0 Å². The second-order valence-electron chi connectivity index (χ2n) is 4.74. The number of hydrogen-bond donors (Lipinski definition) is 1. The van der Waals surface area contributed by atoms with E-state index < -0.39 is 18.3 Å². The molecule has 0 radical (unpaired) electrons. The zero-order valence-electron chi connectivity index (χ0n) is 12.9. The molecule has 4 nitrogen and oxygen atoms in total. The summed E-state index contributed by atoms with van der Waals surface area (Å²) in [5.41, 5.74) is 0.866. The first-order valence-corrected chi connectivity index (χ1v) is 7.34. The Hall–Kier alpha value is -2.67. The fraction of sp³-hybridized carbons (Fsp3) is 0.118. The van der Waals surface area contributed by atoms with E-state index in [0.29, 0.717) is 11.3 Å². The van der Waals surface area contributed by atoms with Gasteiger partial charge in [0.15, 0.2) is 11.5 Å². The van der Waals surface area contributed by atoms with E-state index in [4.69, 9.17) is 16.3 Å². The van der Waals surface area contributed by atoms with Crippen LogP contribution in [0.4, 0.5) is 18.9 Å². The second kappa shape index (κ2) is 8.43. The maximum absolute atomic E-state index is 13.1. The highest BCUT2D eigenvalue weighted by Gasteiger charge is 2.10. The van der Waals surface area contributed by atoms with Crippen molar-refractivity contribution in [3.8, 4) is 11.5 Å². The van der Waals surface area contributed by atoms with E-state index in [1.165, 1.54) is 49.6 Å². The predicted molar refractivity (Wildman–Crippen MR) is 88.7 cm³/mol. The fourth-order valence-corrected chi connectivity index (χ4v) is 2.09. The summed E-state index contributed by atoms with van der Waals surface area (Å²) < 4.78 is 46.9. The van der Waals surface area contributed by atoms with E-state index in [0.717, 1.165) is 6.07 Å². The largest absolute Gasteiger partial charge is 0.493 e. The molecule has 25 heavy (non-hydrogen) atoms. The Labute approximate surface area is 146 Å². The first-order chi connectivity index (χ1) is 11.9. The number of carbonyl (C=O) groups excluding carboxylic acids is 1. The van der Waals surface area contributed by atoms with E-state index in [1.54, 1.807) is 0 Å². The van der Waals surface area contributed by atoms with Gasteiger partial charge >= 0.3 is 6.61 Å². The molecule has 2 aromatic carbocycles. The molecular weight excluding hydrogens is 359 g/mol. The number of benzene rings is 2. The summed E-state index contributed by atoms with van der Waals surface area (Å²) in [4.78, 5) is 11.9. The molecule has 1 N–H and O–H groups in total. The summed E-state index contributed by atoms with van der Waals surface area (Å²) in [7, 11) is 1.31. The van der Waals surface area contributed by atoms with Gasteiger partial charge in [-0.25, -0.2) is 4.39 Å². The van der Waals surface area contributed by atoms with Gasteiger partial charge in [-0.05, 0) is 42.0 Å². The summed E-state index contributed by atoms with van der Waals surface area (Å²) in [6.45, 7) is -2.97. The number of anilines is 1. The second-order valence-corrected chi connectivity index (χ2v) is 5.15. The standard InChI is InChI=1S/C17H13ClF3NO3/c1-24-15-8-10(2-6-14(15)25-17(20)21)3-7-16(23)22-11-4-5-13(19)12(18)9-11/h2-9,17H,1H3,(H,22,23)/b7-3+. The number of hydrogen-bond acceptors (Lipinski definition) is 3. The lowest BCUT2D eigenvalue weighted by atomic mass is 10.2. The number of rotatable bonds is 6. The summed E-state index contributed by atoms with van der Waals surface area (Å²) in [5.74, 6) is -1.07. The Morgan fingerprint density at radius 1 is 1.20 bits per heavy atom. The van der Waals surface area contributed by atoms with Crippen molar-refractivity contribution < 1.29 is 27.4 Å². The van der Waals surface area contributed by atoms with Crippen LogP contribution in [0.1, 0.15) is 5.56 Å². The summed E-state index contributed by atoms with van der Waals surface area (Å²) in [6, 6.07) is 8.01. The monoisotopic (exact) mass is 371 g/mol. The van der Waals surface area contributed by atoms with Crippen molar-refractivity contribution in [2.24, 2.45) is 0 Å². The third-order valence-electron chi connectivity index (χ3n) is 3.02. The van der Waals surface area contributed by atoms with Crippen molar-refractivity contribution >= 4 is 29.3 Å². The van der Waals surface area contributed by atoms with Crippen LogP contribution in [0.5, 0.6) is 11.5 Å². The number of nitrogens with one attached hydrogen (secondary N) is 1. The van der Waals surface area contributed by atoms with Gasteiger partial charge in [0.1, 0.15) is 5.82 Å². The Kier molecular flexibility index (Phi) is 6.30. The molecule has 0 saturated carbocycles. The summed E-state index contributed by atoms with van der Waals surface area (Å²) in [6.07, 6.45) is 2.68. The first-order valence-electron chi connectivity index (χ1n) is 6.96. The van der Waals surface area contributed by atoms with Gasteiger partial charge in [-0.1, -0.05) is 17.7 Å². The van der Waals surface area contributed by atoms with Crippen molar-refractivity contribution in [2.45, 2.75) is 6.61 Å². The molecule has 0 aliphatic heterocycles. The average Bonchev–Trinajstić information content (AvgIpc) is 2.57. The average molecular weight is 372 g/mol. The number of carbonyl (C=O) groups is 1. The van der Waals surface area contributed by atoms with Gasteiger partial charge in [0, 0.05) is 11.8 Å². The van der Waals surface area contributed by atoms with Crippen LogP contribution in [0.15, 0.2) is 42.5 Å². The molecule has 0 aliphatic rings. The lowest BCUT2D eigenvalue weighted by molar-refractivity contribution is -0.111. The number of methoxy groups -OCH3 is 1. The molecule has 0 aliphatic carbocycles. The minimum Gasteiger partial charge on any atom is -0.493 e. The maximum atomic E-state index is 13.1. The van der Waals surface area contributed by atoms with Crippen LogP contribution < -0.4 is 14.8 Å². The molecule has 0 bridgehead atoms. The van der Waals surface area contributed by atoms with Gasteiger partial charge in [-0.3, -0.25) is 4.79 Å². The highest BCUT2D eigenvalue weighted by atomic mass is 35.5. The van der Waals surface area contributed by atoms with Crippen LogP contribution in [-0.2, 0) is 4.79 Å². The lowest BCUT2D eigenvalue weighted by Gasteiger charge is -2.10. The van der Waals surface area contributed by atoms with Crippen LogP contribution in [0.25, 0.3) is 6.08 Å². The highest BCUT2D eigenvalue weighted by Crippen LogP contribution is 2.29. The van der Waals surface area contributed by atoms with Crippen LogP contribution >= 0.6 is 11.6 Å². The number of amides is 1. The molecule has 2 aromatic rings. The van der Waals surface area contributed by atoms with Crippen molar-refractivity contribution in [2.75, 3.05) is 12.4 Å². The normalized spacial score (nSPS) is 11.0. The van der Waals surface area contributed by atoms with Crippen molar-refractivity contribution in [3.63, 3.8) is 0 Å². The molecule has 0 heterocycles. The van der Waals surface area contributed by atoms with Crippen molar-refractivity contribution in [3.05, 3.63) is 58.9 Å². The Bertz CT molecular complexity index is 797. The zero-order valence-corrected chi connectivity index (χ0v) is 13.7. The van der Waals surface area contributed by atoms with E-state index in [1.807, 2.05) is 0 Å². The SMILES string of the molecule is COc1cc(/C=C/C(=O)Nc2ccc(F)c(Cl)c2)ccc1OC(F)F. The Morgan fingerprint density at radius 3 is 2.60 bits per heavy atom. The van der Waals surface area contributed by atoms with Crippen LogP contribution in [-0.4, -0.2) is 19.6 Å². The highest BCUT2D eigenvalue weighted by molar-refractivity contribution is 6.31. The predicted octanol–water partition coefficient (Wildman–Crippen LogP) is 4.74. The third-order valence-corrected chi connectivity index (χ3v) is 3.31. The molecule has 8 heteroatoms. The van der Waals surface area contributed by atoms with E-state index in [9.17, 15) is 18.0 Å². The quantitative estimate of drug-likeness (QED) is 0.746. The van der Waals surface area contributed by atoms with E-state index >= 15 is 0 Å². The maximum Gasteiger partial charge on any atom is 0.387 e. The minimum absolute atomic E-state index is 0.105. The van der Waals surface area contributed by atoms with E-state index in [2.05, 4.69) is 10.1 Å². The third kappa shape index (κ3) is 5.42. The number of alkyl halides is 2. The van der Waals surface area contributed by atoms with Gasteiger partial charge in [-0.2, -0.15) is 8.78 Å². The molecule has 0 atom stereocenters. The van der Waals surface area contributed by atoms with Gasteiger partial charge in [0.05, 0.1) is 12.1 Å². The molecule has 0 saturated heterocycles. The smallest absolute Gasteiger partial charge is 0.387 e. The first kappa shape index (κ1) is 18.7. The van der Waals surface area contributed by atoms with Gasteiger partial charge in [0.2, 0.25) is 5.91 Å². The fourth-order valence-electron chi connectivity index (χ4n) is 1.91. The van der Waals surface area contributed by atoms with Crippen LogP contribution in [0.2, 0.25) is 5.02 Å². The topological polar surface area (TPSA) is 47.6 Å². The molecule has 2 rings (SSSR count). The van der Waals surface area contributed by atoms with Gasteiger partial charge < -0.3 is 14.8 Å². The van der Waals surface area contributed by atoms with Gasteiger partial charge in [0.25, 0.3) is 0 Å². The molecule has 132 valence electrons. The summed E-state index contributed by atoms with van der Waals surface area (Å²) in [5, 5.41) is 2.40. The molecule has 0 spiro atoms. The van der Waals surface area contributed by atoms with Crippen molar-refractivity contribution in [1.29, 1.82) is 0 Å². The molecular formula is C17H13ClF3NO3. The Balaban J connectivity index is 2.07. The number of ether oxygens (including phenoxy) is 2. The van der Waals surface area contributed by atoms with E-state index in [-0.39, 0.29) is 16.5 Å². The minimum atomic E-state index is -2.97. The van der Waals surface area contributed by atoms with Crippen molar-refractivity contribution in [1.82, 2.24) is 0 Å². The molecule has 0 unspecified atom stereocenters. The van der Waals surface area contributed by atoms with Crippen LogP contribution in [0.3, 0.4) is 0 Å².